The first-order chi connectivity index (χ1) is 8.61. The Bertz CT molecular complexity index is 635. The van der Waals surface area contributed by atoms with E-state index in [1.165, 1.54) is 18.2 Å². The Kier molecular flexibility index (Phi) is 3.58. The summed E-state index contributed by atoms with van der Waals surface area (Å²) in [4.78, 5) is 0.432. The van der Waals surface area contributed by atoms with Crippen molar-refractivity contribution in [1.82, 2.24) is 0 Å². The minimum Gasteiger partial charge on any atom is -0.207 e. The molecule has 0 saturated heterocycles. The lowest BCUT2D eigenvalue weighted by Gasteiger charge is -2.05. The molecule has 0 unspecified atom stereocenters. The summed E-state index contributed by atoms with van der Waals surface area (Å²) < 4.78 is 39.5. The van der Waals surface area contributed by atoms with Crippen LogP contribution in [0.3, 0.4) is 0 Å². The fourth-order valence-electron chi connectivity index (χ4n) is 1.37. The van der Waals surface area contributed by atoms with Gasteiger partial charge in [-0.15, -0.1) is 0 Å². The smallest absolute Gasteiger partial charge is 0.142 e. The minimum atomic E-state index is -0.742. The molecule has 2 aromatic rings. The summed E-state index contributed by atoms with van der Waals surface area (Å²) in [7, 11) is 0. The van der Waals surface area contributed by atoms with Gasteiger partial charge in [-0.1, -0.05) is 17.8 Å². The molecule has 0 N–H and O–H groups in total. The third-order valence-electron chi connectivity index (χ3n) is 2.20. The van der Waals surface area contributed by atoms with Gasteiger partial charge < -0.3 is 0 Å². The highest BCUT2D eigenvalue weighted by molar-refractivity contribution is 7.99. The van der Waals surface area contributed by atoms with Crippen LogP contribution in [-0.2, 0) is 0 Å². The molecule has 0 amide bonds. The zero-order valence-corrected chi connectivity index (χ0v) is 9.77. The van der Waals surface area contributed by atoms with Gasteiger partial charge in [-0.05, 0) is 24.3 Å². The Balaban J connectivity index is 2.41. The van der Waals surface area contributed by atoms with Gasteiger partial charge in [0.1, 0.15) is 29.1 Å². The molecule has 18 heavy (non-hydrogen) atoms. The summed E-state index contributed by atoms with van der Waals surface area (Å²) >= 11 is 0.884. The zero-order chi connectivity index (χ0) is 13.1. The summed E-state index contributed by atoms with van der Waals surface area (Å²) in [5.41, 5.74) is -0.147. The fourth-order valence-corrected chi connectivity index (χ4v) is 2.30. The van der Waals surface area contributed by atoms with Crippen molar-refractivity contribution in [3.63, 3.8) is 0 Å². The van der Waals surface area contributed by atoms with E-state index in [0.29, 0.717) is 4.90 Å². The second-order valence-electron chi connectivity index (χ2n) is 3.40. The molecule has 0 aliphatic rings. The van der Waals surface area contributed by atoms with Crippen LogP contribution in [0.4, 0.5) is 13.2 Å². The quantitative estimate of drug-likeness (QED) is 0.815. The average molecular weight is 265 g/mol. The highest BCUT2D eigenvalue weighted by Crippen LogP contribution is 2.33. The number of hydrogen-bond donors (Lipinski definition) is 0. The highest BCUT2D eigenvalue weighted by Gasteiger charge is 2.11. The molecule has 0 saturated carbocycles. The van der Waals surface area contributed by atoms with Crippen molar-refractivity contribution in [1.29, 1.82) is 5.26 Å². The Morgan fingerprint density at radius 1 is 0.944 bits per heavy atom. The molecular formula is C13H6F3NS. The van der Waals surface area contributed by atoms with Gasteiger partial charge >= 0.3 is 0 Å². The summed E-state index contributed by atoms with van der Waals surface area (Å²) in [5, 5.41) is 8.83. The van der Waals surface area contributed by atoms with E-state index in [-0.39, 0.29) is 10.5 Å². The highest BCUT2D eigenvalue weighted by atomic mass is 32.2. The first-order valence-electron chi connectivity index (χ1n) is 4.93. The van der Waals surface area contributed by atoms with Gasteiger partial charge in [0.25, 0.3) is 0 Å². The SMILES string of the molecule is N#Cc1c(F)cccc1Sc1ccc(F)cc1F. The molecule has 90 valence electrons. The topological polar surface area (TPSA) is 23.8 Å². The van der Waals surface area contributed by atoms with Gasteiger partial charge in [-0.3, -0.25) is 0 Å². The third-order valence-corrected chi connectivity index (χ3v) is 3.31. The van der Waals surface area contributed by atoms with Crippen molar-refractivity contribution in [3.05, 3.63) is 59.4 Å². The number of halogens is 3. The Morgan fingerprint density at radius 2 is 1.72 bits per heavy atom. The summed E-state index contributed by atoms with van der Waals surface area (Å²) in [6.45, 7) is 0. The van der Waals surface area contributed by atoms with E-state index < -0.39 is 17.5 Å². The van der Waals surface area contributed by atoms with Gasteiger partial charge in [0.15, 0.2) is 0 Å². The Morgan fingerprint density at radius 3 is 2.39 bits per heavy atom. The maximum absolute atomic E-state index is 13.4. The molecule has 0 heterocycles. The molecule has 0 atom stereocenters. The standard InChI is InChI=1S/C13H6F3NS/c14-8-4-5-13(11(16)6-8)18-12-3-1-2-10(15)9(12)7-17/h1-6H. The van der Waals surface area contributed by atoms with E-state index >= 15 is 0 Å². The number of rotatable bonds is 2. The molecule has 0 aromatic heterocycles. The van der Waals surface area contributed by atoms with Crippen LogP contribution in [0.5, 0.6) is 0 Å². The van der Waals surface area contributed by atoms with Crippen LogP contribution in [0.1, 0.15) is 5.56 Å². The average Bonchev–Trinajstić information content (AvgIpc) is 2.33. The van der Waals surface area contributed by atoms with E-state index in [0.717, 1.165) is 30.0 Å². The van der Waals surface area contributed by atoms with E-state index in [4.69, 9.17) is 5.26 Å². The van der Waals surface area contributed by atoms with Crippen LogP contribution < -0.4 is 0 Å². The molecule has 1 nitrogen and oxygen atoms in total. The predicted molar refractivity (Wildman–Crippen MR) is 61.6 cm³/mol. The van der Waals surface area contributed by atoms with Crippen molar-refractivity contribution in [2.24, 2.45) is 0 Å². The number of benzene rings is 2. The first kappa shape index (κ1) is 12.5. The number of hydrogen-bond acceptors (Lipinski definition) is 2. The summed E-state index contributed by atoms with van der Waals surface area (Å²) in [6, 6.07) is 8.92. The number of nitrogens with zero attached hydrogens (tertiary/aromatic N) is 1. The maximum atomic E-state index is 13.4. The van der Waals surface area contributed by atoms with Crippen molar-refractivity contribution < 1.29 is 13.2 Å². The van der Waals surface area contributed by atoms with Crippen LogP contribution in [0.25, 0.3) is 0 Å². The van der Waals surface area contributed by atoms with Crippen LogP contribution >= 0.6 is 11.8 Å². The Hall–Kier alpha value is -1.93. The molecule has 0 fully saturated rings. The number of nitriles is 1. The molecule has 5 heteroatoms. The van der Waals surface area contributed by atoms with E-state index in [1.54, 1.807) is 6.07 Å². The molecule has 0 aliphatic heterocycles. The van der Waals surface area contributed by atoms with Crippen molar-refractivity contribution >= 4 is 11.8 Å². The van der Waals surface area contributed by atoms with Gasteiger partial charge in [0.05, 0.1) is 0 Å². The van der Waals surface area contributed by atoms with E-state index in [2.05, 4.69) is 0 Å². The van der Waals surface area contributed by atoms with Crippen molar-refractivity contribution in [2.45, 2.75) is 9.79 Å². The lowest BCUT2D eigenvalue weighted by Crippen LogP contribution is -1.89. The zero-order valence-electron chi connectivity index (χ0n) is 8.95. The lowest BCUT2D eigenvalue weighted by atomic mass is 10.2. The molecule has 0 aliphatic carbocycles. The summed E-state index contributed by atoms with van der Waals surface area (Å²) in [6.07, 6.45) is 0. The van der Waals surface area contributed by atoms with Gasteiger partial charge in [-0.2, -0.15) is 5.26 Å². The molecule has 0 bridgehead atoms. The monoisotopic (exact) mass is 265 g/mol. The van der Waals surface area contributed by atoms with Crippen molar-refractivity contribution in [2.75, 3.05) is 0 Å². The molecule has 0 spiro atoms. The second kappa shape index (κ2) is 5.15. The van der Waals surface area contributed by atoms with Crippen molar-refractivity contribution in [3.8, 4) is 6.07 Å². The maximum Gasteiger partial charge on any atom is 0.142 e. The van der Waals surface area contributed by atoms with Crippen LogP contribution in [0.15, 0.2) is 46.2 Å². The van der Waals surface area contributed by atoms with Crippen LogP contribution in [-0.4, -0.2) is 0 Å². The first-order valence-corrected chi connectivity index (χ1v) is 5.75. The third kappa shape index (κ3) is 2.49. The Labute approximate surface area is 106 Å². The van der Waals surface area contributed by atoms with E-state index in [1.807, 2.05) is 0 Å². The minimum absolute atomic E-state index is 0.138. The largest absolute Gasteiger partial charge is 0.207 e. The molecule has 2 aromatic carbocycles. The summed E-state index contributed by atoms with van der Waals surface area (Å²) in [5.74, 6) is -2.09. The van der Waals surface area contributed by atoms with Gasteiger partial charge in [0, 0.05) is 15.9 Å². The predicted octanol–water partition coefficient (Wildman–Crippen LogP) is 4.13. The van der Waals surface area contributed by atoms with Crippen LogP contribution in [0, 0.1) is 28.8 Å². The fraction of sp³-hybridized carbons (Fsp3) is 0. The normalized spacial score (nSPS) is 10.1. The molecule has 2 rings (SSSR count). The second-order valence-corrected chi connectivity index (χ2v) is 4.49. The van der Waals surface area contributed by atoms with Gasteiger partial charge in [0.2, 0.25) is 0 Å². The molecule has 0 radical (unpaired) electrons. The molecular weight excluding hydrogens is 259 g/mol. The van der Waals surface area contributed by atoms with Crippen LogP contribution in [0.2, 0.25) is 0 Å². The van der Waals surface area contributed by atoms with Gasteiger partial charge in [-0.25, -0.2) is 13.2 Å². The lowest BCUT2D eigenvalue weighted by molar-refractivity contribution is 0.565. The van der Waals surface area contributed by atoms with E-state index in [9.17, 15) is 13.2 Å².